The van der Waals surface area contributed by atoms with E-state index in [0.717, 1.165) is 17.3 Å². The molecule has 2 aromatic heterocycles. The Morgan fingerprint density at radius 2 is 2.00 bits per heavy atom. The number of aromatic nitrogens is 4. The Kier molecular flexibility index (Phi) is 3.92. The third-order valence-electron chi connectivity index (χ3n) is 3.06. The van der Waals surface area contributed by atoms with Gasteiger partial charge < -0.3 is 9.32 Å². The van der Waals surface area contributed by atoms with Crippen molar-refractivity contribution in [3.05, 3.63) is 47.6 Å². The highest BCUT2D eigenvalue weighted by molar-refractivity contribution is 6.99. The first-order chi connectivity index (χ1) is 10.6. The maximum Gasteiger partial charge on any atom is 0.275 e. The number of aryl methyl sites for hydroxylation is 1. The fourth-order valence-electron chi connectivity index (χ4n) is 1.90. The van der Waals surface area contributed by atoms with E-state index in [1.54, 1.807) is 14.0 Å². The Balaban J connectivity index is 1.73. The van der Waals surface area contributed by atoms with Crippen molar-refractivity contribution in [2.24, 2.45) is 0 Å². The average Bonchev–Trinajstić information content (AvgIpc) is 3.16. The van der Waals surface area contributed by atoms with Crippen molar-refractivity contribution in [3.63, 3.8) is 0 Å². The number of nitrogens with zero attached hydrogens (tertiary/aromatic N) is 5. The van der Waals surface area contributed by atoms with Gasteiger partial charge in [0.2, 0.25) is 11.8 Å². The van der Waals surface area contributed by atoms with Gasteiger partial charge in [0.25, 0.3) is 5.91 Å². The molecule has 3 rings (SSSR count). The minimum absolute atomic E-state index is 0.217. The molecule has 0 aliphatic heterocycles. The van der Waals surface area contributed by atoms with E-state index in [4.69, 9.17) is 4.42 Å². The van der Waals surface area contributed by atoms with Crippen molar-refractivity contribution in [3.8, 4) is 11.5 Å². The van der Waals surface area contributed by atoms with Crippen molar-refractivity contribution >= 4 is 17.6 Å². The molecule has 0 radical (unpaired) electrons. The van der Waals surface area contributed by atoms with E-state index >= 15 is 0 Å². The quantitative estimate of drug-likeness (QED) is 0.733. The molecule has 0 unspecified atom stereocenters. The molecular weight excluding hydrogens is 302 g/mol. The molecule has 3 aromatic rings. The highest BCUT2D eigenvalue weighted by atomic mass is 32.1. The highest BCUT2D eigenvalue weighted by Crippen LogP contribution is 2.18. The summed E-state index contributed by atoms with van der Waals surface area (Å²) in [5.74, 6) is 0.587. The van der Waals surface area contributed by atoms with E-state index in [9.17, 15) is 4.79 Å². The molecule has 22 heavy (non-hydrogen) atoms. The summed E-state index contributed by atoms with van der Waals surface area (Å²) in [5, 5.41) is 7.97. The molecule has 0 saturated carbocycles. The number of benzene rings is 1. The molecular formula is C14H13N5O2S. The summed E-state index contributed by atoms with van der Waals surface area (Å²) >= 11 is 1.02. The van der Waals surface area contributed by atoms with Gasteiger partial charge in [-0.05, 0) is 19.1 Å². The van der Waals surface area contributed by atoms with Gasteiger partial charge in [-0.3, -0.25) is 4.79 Å². The largest absolute Gasteiger partial charge is 0.419 e. The SMILES string of the molecule is Cc1nsnc1C(=O)N(C)Cc1nnc(-c2ccccc2)o1. The van der Waals surface area contributed by atoms with E-state index in [2.05, 4.69) is 18.9 Å². The molecule has 1 aromatic carbocycles. The van der Waals surface area contributed by atoms with Crippen LogP contribution in [0.5, 0.6) is 0 Å². The number of hydrogen-bond acceptors (Lipinski definition) is 7. The maximum absolute atomic E-state index is 12.2. The molecule has 0 saturated heterocycles. The second-order valence-electron chi connectivity index (χ2n) is 4.73. The first kappa shape index (κ1) is 14.3. The standard InChI is InChI=1S/C14H13N5O2S/c1-9-12(18-22-17-9)14(20)19(2)8-11-15-16-13(21-11)10-6-4-3-5-7-10/h3-7H,8H2,1-2H3. The van der Waals surface area contributed by atoms with E-state index in [-0.39, 0.29) is 12.5 Å². The van der Waals surface area contributed by atoms with Gasteiger partial charge in [-0.15, -0.1) is 10.2 Å². The molecule has 1 amide bonds. The fraction of sp³-hybridized carbons (Fsp3) is 0.214. The van der Waals surface area contributed by atoms with Gasteiger partial charge >= 0.3 is 0 Å². The van der Waals surface area contributed by atoms with Crippen molar-refractivity contribution in [2.45, 2.75) is 13.5 Å². The predicted molar refractivity (Wildman–Crippen MR) is 80.2 cm³/mol. The van der Waals surface area contributed by atoms with Gasteiger partial charge in [0.1, 0.15) is 0 Å². The van der Waals surface area contributed by atoms with E-state index in [1.165, 1.54) is 4.90 Å². The number of carbonyl (C=O) groups is 1. The van der Waals surface area contributed by atoms with Gasteiger partial charge in [0, 0.05) is 12.6 Å². The van der Waals surface area contributed by atoms with Gasteiger partial charge in [-0.1, -0.05) is 18.2 Å². The molecule has 0 aliphatic carbocycles. The van der Waals surface area contributed by atoms with Crippen LogP contribution in [0.4, 0.5) is 0 Å². The lowest BCUT2D eigenvalue weighted by atomic mass is 10.2. The third-order valence-corrected chi connectivity index (χ3v) is 3.68. The molecule has 0 aliphatic rings. The molecule has 8 heteroatoms. The lowest BCUT2D eigenvalue weighted by Crippen LogP contribution is -2.27. The number of amides is 1. The summed E-state index contributed by atoms with van der Waals surface area (Å²) in [7, 11) is 1.66. The summed E-state index contributed by atoms with van der Waals surface area (Å²) in [6, 6.07) is 9.48. The fourth-order valence-corrected chi connectivity index (χ4v) is 2.44. The lowest BCUT2D eigenvalue weighted by molar-refractivity contribution is 0.0767. The van der Waals surface area contributed by atoms with Crippen LogP contribution in [0, 0.1) is 6.92 Å². The van der Waals surface area contributed by atoms with Gasteiger partial charge in [0.05, 0.1) is 24.0 Å². The maximum atomic E-state index is 12.2. The van der Waals surface area contributed by atoms with Crippen LogP contribution in [0.15, 0.2) is 34.7 Å². The second-order valence-corrected chi connectivity index (χ2v) is 5.25. The number of hydrogen-bond donors (Lipinski definition) is 0. The van der Waals surface area contributed by atoms with Crippen LogP contribution in [0.3, 0.4) is 0 Å². The van der Waals surface area contributed by atoms with Crippen molar-refractivity contribution < 1.29 is 9.21 Å². The Hall–Kier alpha value is -2.61. The van der Waals surface area contributed by atoms with Crippen LogP contribution in [0.25, 0.3) is 11.5 Å². The smallest absolute Gasteiger partial charge is 0.275 e. The number of carbonyl (C=O) groups excluding carboxylic acids is 1. The van der Waals surface area contributed by atoms with Crippen LogP contribution in [-0.4, -0.2) is 36.8 Å². The Bertz CT molecular complexity index is 783. The first-order valence-electron chi connectivity index (χ1n) is 6.57. The van der Waals surface area contributed by atoms with Crippen molar-refractivity contribution in [2.75, 3.05) is 7.05 Å². The van der Waals surface area contributed by atoms with Gasteiger partial charge in [0.15, 0.2) is 5.69 Å². The third kappa shape index (κ3) is 2.86. The minimum Gasteiger partial charge on any atom is -0.419 e. The summed E-state index contributed by atoms with van der Waals surface area (Å²) in [4.78, 5) is 13.7. The molecule has 0 N–H and O–H groups in total. The zero-order valence-corrected chi connectivity index (χ0v) is 12.9. The van der Waals surface area contributed by atoms with Crippen LogP contribution in [-0.2, 0) is 6.54 Å². The van der Waals surface area contributed by atoms with Crippen molar-refractivity contribution in [1.29, 1.82) is 0 Å². The molecule has 0 spiro atoms. The minimum atomic E-state index is -0.217. The van der Waals surface area contributed by atoms with Crippen LogP contribution in [0.1, 0.15) is 22.1 Å². The predicted octanol–water partition coefficient (Wildman–Crippen LogP) is 2.17. The first-order valence-corrected chi connectivity index (χ1v) is 7.30. The zero-order chi connectivity index (χ0) is 15.5. The Morgan fingerprint density at radius 1 is 1.23 bits per heavy atom. The molecule has 7 nitrogen and oxygen atoms in total. The summed E-state index contributed by atoms with van der Waals surface area (Å²) in [6.45, 7) is 1.97. The van der Waals surface area contributed by atoms with E-state index in [1.807, 2.05) is 30.3 Å². The Labute approximate surface area is 130 Å². The summed E-state index contributed by atoms with van der Waals surface area (Å²) < 4.78 is 13.6. The van der Waals surface area contributed by atoms with E-state index in [0.29, 0.717) is 23.2 Å². The van der Waals surface area contributed by atoms with Crippen LogP contribution < -0.4 is 0 Å². The van der Waals surface area contributed by atoms with Crippen LogP contribution >= 0.6 is 11.7 Å². The average molecular weight is 315 g/mol. The normalized spacial score (nSPS) is 10.6. The van der Waals surface area contributed by atoms with Crippen molar-refractivity contribution in [1.82, 2.24) is 23.8 Å². The number of rotatable bonds is 4. The molecule has 112 valence electrons. The second kappa shape index (κ2) is 6.02. The van der Waals surface area contributed by atoms with E-state index < -0.39 is 0 Å². The topological polar surface area (TPSA) is 85.0 Å². The monoisotopic (exact) mass is 315 g/mol. The molecule has 2 heterocycles. The molecule has 0 fully saturated rings. The highest BCUT2D eigenvalue weighted by Gasteiger charge is 2.20. The molecule has 0 atom stereocenters. The Morgan fingerprint density at radius 3 is 2.68 bits per heavy atom. The van der Waals surface area contributed by atoms with Gasteiger partial charge in [-0.2, -0.15) is 8.75 Å². The van der Waals surface area contributed by atoms with Crippen LogP contribution in [0.2, 0.25) is 0 Å². The lowest BCUT2D eigenvalue weighted by Gasteiger charge is -2.13. The van der Waals surface area contributed by atoms with Gasteiger partial charge in [-0.25, -0.2) is 0 Å². The summed E-state index contributed by atoms with van der Waals surface area (Å²) in [5.41, 5.74) is 1.82. The summed E-state index contributed by atoms with van der Waals surface area (Å²) in [6.07, 6.45) is 0. The molecule has 0 bridgehead atoms. The zero-order valence-electron chi connectivity index (χ0n) is 12.1.